The molecule has 0 radical (unpaired) electrons. The number of carbonyl (C=O) groups is 2. The number of rotatable bonds is 39. The highest BCUT2D eigenvalue weighted by Gasteiger charge is 2.36. The summed E-state index contributed by atoms with van der Waals surface area (Å²) < 4.78 is 46.1. The molecule has 0 N–H and O–H groups in total. The fourth-order valence-electron chi connectivity index (χ4n) is 7.25. The van der Waals surface area contributed by atoms with Crippen molar-refractivity contribution in [2.24, 2.45) is 0 Å². The van der Waals surface area contributed by atoms with E-state index in [1.165, 1.54) is 68.3 Å². The average molecular weight is 868 g/mol. The van der Waals surface area contributed by atoms with Crippen molar-refractivity contribution >= 4 is 19.8 Å². The number of esters is 2. The molecule has 0 aliphatic carbocycles. The number of unbranched alkanes of at least 4 members (excludes halogenated alkanes) is 16. The van der Waals surface area contributed by atoms with Crippen LogP contribution >= 0.6 is 7.82 Å². The van der Waals surface area contributed by atoms with Crippen molar-refractivity contribution in [2.45, 2.75) is 213 Å². The van der Waals surface area contributed by atoms with Crippen LogP contribution in [0, 0.1) is 13.8 Å². The van der Waals surface area contributed by atoms with Gasteiger partial charge in [-0.1, -0.05) is 116 Å². The van der Waals surface area contributed by atoms with Crippen LogP contribution in [-0.2, 0) is 50.3 Å². The Bertz CT molecular complexity index is 1370. The van der Waals surface area contributed by atoms with E-state index < -0.39 is 32.5 Å². The number of likely N-dealkylation sites (N-methyl/N-ethyl adjacent to an activating group) is 1. The zero-order valence-electron chi connectivity index (χ0n) is 39.1. The average Bonchev–Trinajstić information content (AvgIpc) is 3.89. The Morgan fingerprint density at radius 1 is 0.700 bits per heavy atom. The monoisotopic (exact) mass is 868 g/mol. The van der Waals surface area contributed by atoms with E-state index in [0.29, 0.717) is 36.1 Å². The van der Waals surface area contributed by atoms with Gasteiger partial charge in [-0.2, -0.15) is 0 Å². The Hall–Kier alpha value is -2.01. The fourth-order valence-corrected chi connectivity index (χ4v) is 7.98. The first-order valence-corrected chi connectivity index (χ1v) is 25.3. The van der Waals surface area contributed by atoms with Gasteiger partial charge in [0.15, 0.2) is 6.10 Å². The second-order valence-electron chi connectivity index (χ2n) is 18.1. The van der Waals surface area contributed by atoms with E-state index >= 15 is 0 Å². The summed E-state index contributed by atoms with van der Waals surface area (Å²) in [6, 6.07) is 0. The van der Waals surface area contributed by atoms with Crippen LogP contribution in [-0.4, -0.2) is 82.2 Å². The number of nitrogens with zero attached hydrogens (tertiary/aromatic N) is 1. The standard InChI is InChI=1S/C48H86NO10P/c1-8-10-12-13-19-26-32-45-46(59-45)33-27-21-18-23-28-34-47(50)54-38-42(39-56-60(52,53)55-37-36-49(5,6)7)57-48(51)35-29-22-17-15-14-16-20-25-31-44-41(4)40(3)43(58-44)30-24-11-9-2/h19,26,42,45-46H,8-18,20-25,27-39H2,1-7H3/b26-19-/t42-,45?,46?/m1/s1. The number of carbonyl (C=O) groups excluding carboxylic acids is 2. The molecule has 1 fully saturated rings. The topological polar surface area (TPSA) is 137 Å². The molecule has 2 heterocycles. The fraction of sp³-hybridized carbons (Fsp3) is 0.833. The van der Waals surface area contributed by atoms with Crippen LogP contribution in [0.1, 0.15) is 191 Å². The van der Waals surface area contributed by atoms with E-state index in [1.54, 1.807) is 0 Å². The molecule has 0 bridgehead atoms. The molecule has 1 saturated heterocycles. The van der Waals surface area contributed by atoms with Crippen molar-refractivity contribution < 1.29 is 51.2 Å². The van der Waals surface area contributed by atoms with Crippen molar-refractivity contribution in [3.63, 3.8) is 0 Å². The molecule has 60 heavy (non-hydrogen) atoms. The number of aryl methyl sites for hydroxylation is 2. The van der Waals surface area contributed by atoms with Crippen LogP contribution in [0.3, 0.4) is 0 Å². The molecule has 1 aromatic rings. The van der Waals surface area contributed by atoms with Gasteiger partial charge in [0.1, 0.15) is 31.3 Å². The Morgan fingerprint density at radius 2 is 1.25 bits per heavy atom. The number of hydrogen-bond donors (Lipinski definition) is 0. The Morgan fingerprint density at radius 3 is 1.87 bits per heavy atom. The van der Waals surface area contributed by atoms with Crippen LogP contribution in [0.4, 0.5) is 0 Å². The summed E-state index contributed by atoms with van der Waals surface area (Å²) in [7, 11) is 1.13. The zero-order chi connectivity index (χ0) is 44.1. The summed E-state index contributed by atoms with van der Waals surface area (Å²) in [5.41, 5.74) is 2.65. The van der Waals surface area contributed by atoms with Crippen molar-refractivity contribution in [1.29, 1.82) is 0 Å². The van der Waals surface area contributed by atoms with Gasteiger partial charge in [0.05, 0.1) is 40.0 Å². The van der Waals surface area contributed by atoms with Gasteiger partial charge < -0.3 is 37.1 Å². The van der Waals surface area contributed by atoms with Gasteiger partial charge in [-0.15, -0.1) is 0 Å². The van der Waals surface area contributed by atoms with Gasteiger partial charge in [-0.3, -0.25) is 14.2 Å². The van der Waals surface area contributed by atoms with E-state index in [2.05, 4.69) is 39.8 Å². The van der Waals surface area contributed by atoms with Crippen molar-refractivity contribution in [2.75, 3.05) is 47.5 Å². The van der Waals surface area contributed by atoms with E-state index in [9.17, 15) is 19.0 Å². The number of furan rings is 1. The van der Waals surface area contributed by atoms with E-state index in [-0.39, 0.29) is 26.1 Å². The predicted molar refractivity (Wildman–Crippen MR) is 239 cm³/mol. The van der Waals surface area contributed by atoms with Crippen LogP contribution < -0.4 is 4.89 Å². The molecule has 2 rings (SSSR count). The quantitative estimate of drug-likeness (QED) is 0.0157. The number of ether oxygens (including phenoxy) is 3. The van der Waals surface area contributed by atoms with E-state index in [0.717, 1.165) is 95.7 Å². The molecule has 4 atom stereocenters. The lowest BCUT2D eigenvalue weighted by atomic mass is 10.0. The molecule has 1 aromatic heterocycles. The van der Waals surface area contributed by atoms with Gasteiger partial charge in [-0.05, 0) is 76.3 Å². The second kappa shape index (κ2) is 31.8. The first-order chi connectivity index (χ1) is 28.7. The largest absolute Gasteiger partial charge is 0.756 e. The normalized spacial score (nSPS) is 16.9. The molecule has 348 valence electrons. The smallest absolute Gasteiger partial charge is 0.306 e. The van der Waals surface area contributed by atoms with Crippen molar-refractivity contribution in [1.82, 2.24) is 0 Å². The summed E-state index contributed by atoms with van der Waals surface area (Å²) in [6.45, 7) is 8.48. The minimum Gasteiger partial charge on any atom is -0.756 e. The first kappa shape index (κ1) is 54.1. The Kier molecular flexibility index (Phi) is 28.7. The number of phosphoric acid groups is 1. The maximum absolute atomic E-state index is 12.8. The highest BCUT2D eigenvalue weighted by Crippen LogP contribution is 2.38. The Balaban J connectivity index is 1.62. The van der Waals surface area contributed by atoms with Crippen LogP contribution in [0.5, 0.6) is 0 Å². The summed E-state index contributed by atoms with van der Waals surface area (Å²) in [5, 5.41) is 0. The molecule has 0 aromatic carbocycles. The molecular formula is C48H86NO10P. The Labute approximate surface area is 365 Å². The number of hydrogen-bond acceptors (Lipinski definition) is 10. The predicted octanol–water partition coefficient (Wildman–Crippen LogP) is 11.4. The lowest BCUT2D eigenvalue weighted by Crippen LogP contribution is -2.37. The third-order valence-electron chi connectivity index (χ3n) is 11.4. The van der Waals surface area contributed by atoms with E-state index in [4.69, 9.17) is 27.7 Å². The first-order valence-electron chi connectivity index (χ1n) is 23.9. The number of phosphoric ester groups is 1. The molecule has 1 aliphatic heterocycles. The third kappa shape index (κ3) is 27.1. The van der Waals surface area contributed by atoms with Gasteiger partial charge in [-0.25, -0.2) is 0 Å². The molecule has 0 saturated carbocycles. The summed E-state index contributed by atoms with van der Waals surface area (Å²) >= 11 is 0. The third-order valence-corrected chi connectivity index (χ3v) is 12.4. The molecule has 11 nitrogen and oxygen atoms in total. The van der Waals surface area contributed by atoms with Crippen LogP contribution in [0.15, 0.2) is 16.6 Å². The highest BCUT2D eigenvalue weighted by atomic mass is 31.2. The second-order valence-corrected chi connectivity index (χ2v) is 19.5. The van der Waals surface area contributed by atoms with Crippen LogP contribution in [0.25, 0.3) is 0 Å². The molecule has 0 spiro atoms. The van der Waals surface area contributed by atoms with Gasteiger partial charge in [0.25, 0.3) is 7.82 Å². The minimum absolute atomic E-state index is 0.0418. The minimum atomic E-state index is -4.65. The number of epoxide rings is 1. The molecule has 0 amide bonds. The van der Waals surface area contributed by atoms with Gasteiger partial charge in [0, 0.05) is 25.7 Å². The number of allylic oxidation sites excluding steroid dienone is 1. The van der Waals surface area contributed by atoms with Gasteiger partial charge in [0.2, 0.25) is 0 Å². The lowest BCUT2D eigenvalue weighted by Gasteiger charge is -2.28. The number of quaternary nitrogens is 1. The molecular weight excluding hydrogens is 781 g/mol. The summed E-state index contributed by atoms with van der Waals surface area (Å²) in [4.78, 5) is 37.8. The summed E-state index contributed by atoms with van der Waals surface area (Å²) in [6.07, 6.45) is 30.7. The highest BCUT2D eigenvalue weighted by molar-refractivity contribution is 7.45. The van der Waals surface area contributed by atoms with Crippen molar-refractivity contribution in [3.8, 4) is 0 Å². The SMILES string of the molecule is CCCCC/C=C\CC1OC1CCCCCCCC(=O)OC[C@H](COP(=O)([O-])OCC[N+](C)(C)C)OC(=O)CCCCCCCCCCc1oc(CCCCC)c(C)c1C. The van der Waals surface area contributed by atoms with Crippen LogP contribution in [0.2, 0.25) is 0 Å². The summed E-state index contributed by atoms with van der Waals surface area (Å²) in [5.74, 6) is 1.45. The maximum atomic E-state index is 12.8. The zero-order valence-corrected chi connectivity index (χ0v) is 40.0. The lowest BCUT2D eigenvalue weighted by molar-refractivity contribution is -0.870. The maximum Gasteiger partial charge on any atom is 0.306 e. The molecule has 1 aliphatic rings. The van der Waals surface area contributed by atoms with Crippen molar-refractivity contribution in [3.05, 3.63) is 34.8 Å². The van der Waals surface area contributed by atoms with Gasteiger partial charge >= 0.3 is 11.9 Å². The molecule has 12 heteroatoms. The molecule has 3 unspecified atom stereocenters. The van der Waals surface area contributed by atoms with E-state index in [1.807, 2.05) is 21.1 Å².